The van der Waals surface area contributed by atoms with Gasteiger partial charge in [-0.2, -0.15) is 11.8 Å². The average molecular weight is 480 g/mol. The summed E-state index contributed by atoms with van der Waals surface area (Å²) in [5.74, 6) is 0.151. The topological polar surface area (TPSA) is 87.7 Å². The molecule has 186 valence electrons. The normalized spacial score (nSPS) is 13.2. The summed E-state index contributed by atoms with van der Waals surface area (Å²) in [4.78, 5) is 41.2. The molecule has 0 radical (unpaired) electrons. The summed E-state index contributed by atoms with van der Waals surface area (Å²) in [6.07, 6.45) is 3.55. The molecule has 0 aliphatic heterocycles. The van der Waals surface area contributed by atoms with Gasteiger partial charge in [0.05, 0.1) is 0 Å². The van der Waals surface area contributed by atoms with Crippen LogP contribution in [-0.4, -0.2) is 59.0 Å². The monoisotopic (exact) mass is 479 g/mol. The Morgan fingerprint density at radius 2 is 1.76 bits per heavy atom. The third-order valence-corrected chi connectivity index (χ3v) is 5.53. The number of carbonyl (C=O) groups excluding carboxylic acids is 3. The van der Waals surface area contributed by atoms with Gasteiger partial charge in [-0.15, -0.1) is 0 Å². The number of hydrogen-bond donors (Lipinski definition) is 2. The Morgan fingerprint density at radius 3 is 2.27 bits per heavy atom. The lowest BCUT2D eigenvalue weighted by Gasteiger charge is -2.37. The van der Waals surface area contributed by atoms with Gasteiger partial charge in [0, 0.05) is 12.6 Å². The predicted molar refractivity (Wildman–Crippen MR) is 135 cm³/mol. The van der Waals surface area contributed by atoms with E-state index in [1.165, 1.54) is 0 Å². The maximum atomic E-state index is 13.8. The number of nitrogens with one attached hydrogen (secondary N) is 2. The van der Waals surface area contributed by atoms with Crippen molar-refractivity contribution >= 4 is 29.7 Å². The molecule has 1 aromatic carbocycles. The van der Waals surface area contributed by atoms with Crippen LogP contribution in [0.3, 0.4) is 0 Å². The van der Waals surface area contributed by atoms with Gasteiger partial charge in [-0.1, -0.05) is 43.7 Å². The van der Waals surface area contributed by atoms with Crippen molar-refractivity contribution < 1.29 is 19.1 Å². The van der Waals surface area contributed by atoms with Crippen LogP contribution in [0.25, 0.3) is 0 Å². The summed E-state index contributed by atoms with van der Waals surface area (Å²) in [7, 11) is 0. The first-order valence-corrected chi connectivity index (χ1v) is 13.0. The quantitative estimate of drug-likeness (QED) is 0.430. The van der Waals surface area contributed by atoms with E-state index in [4.69, 9.17) is 4.74 Å². The number of hydrogen-bond acceptors (Lipinski definition) is 5. The number of amides is 3. The smallest absolute Gasteiger partial charge is 0.408 e. The van der Waals surface area contributed by atoms with Gasteiger partial charge < -0.3 is 20.3 Å². The average Bonchev–Trinajstić information content (AvgIpc) is 2.73. The molecule has 2 N–H and O–H groups in total. The molecule has 3 amide bonds. The minimum atomic E-state index is -0.802. The zero-order valence-electron chi connectivity index (χ0n) is 21.1. The number of alkyl carbamates (subject to hydrolysis) is 1. The zero-order chi connectivity index (χ0) is 25.0. The summed E-state index contributed by atoms with van der Waals surface area (Å²) in [5.41, 5.74) is 0.0511. The van der Waals surface area contributed by atoms with Crippen LogP contribution in [-0.2, 0) is 14.3 Å². The van der Waals surface area contributed by atoms with E-state index in [9.17, 15) is 14.4 Å². The van der Waals surface area contributed by atoms with E-state index >= 15 is 0 Å². The lowest BCUT2D eigenvalue weighted by Crippen LogP contribution is -2.55. The fraction of sp³-hybridized carbons (Fsp3) is 0.640. The minimum Gasteiger partial charge on any atom is -0.444 e. The van der Waals surface area contributed by atoms with Gasteiger partial charge in [0.2, 0.25) is 11.8 Å². The summed E-state index contributed by atoms with van der Waals surface area (Å²) in [5, 5.41) is 5.72. The second kappa shape index (κ2) is 14.1. The van der Waals surface area contributed by atoms with Crippen LogP contribution in [0.5, 0.6) is 0 Å². The van der Waals surface area contributed by atoms with E-state index in [-0.39, 0.29) is 17.9 Å². The van der Waals surface area contributed by atoms with Crippen molar-refractivity contribution in [3.63, 3.8) is 0 Å². The molecule has 2 atom stereocenters. The summed E-state index contributed by atoms with van der Waals surface area (Å²) in [6, 6.07) is 7.43. The molecule has 0 spiro atoms. The number of rotatable bonds is 12. The van der Waals surface area contributed by atoms with Crippen molar-refractivity contribution in [3.8, 4) is 0 Å². The maximum absolute atomic E-state index is 13.8. The fourth-order valence-electron chi connectivity index (χ4n) is 3.36. The van der Waals surface area contributed by atoms with E-state index in [2.05, 4.69) is 17.6 Å². The molecule has 0 heterocycles. The first-order chi connectivity index (χ1) is 15.5. The van der Waals surface area contributed by atoms with Crippen LogP contribution in [0.4, 0.5) is 4.79 Å². The molecule has 0 saturated carbocycles. The van der Waals surface area contributed by atoms with Crippen molar-refractivity contribution in [3.05, 3.63) is 35.9 Å². The van der Waals surface area contributed by atoms with Gasteiger partial charge in [0.15, 0.2) is 0 Å². The van der Waals surface area contributed by atoms with Gasteiger partial charge in [-0.3, -0.25) is 9.59 Å². The predicted octanol–water partition coefficient (Wildman–Crippen LogP) is 4.53. The molecule has 0 fully saturated rings. The van der Waals surface area contributed by atoms with Crippen molar-refractivity contribution in [2.45, 2.75) is 84.5 Å². The first-order valence-electron chi connectivity index (χ1n) is 11.6. The molecular formula is C25H41N3O4S. The van der Waals surface area contributed by atoms with Gasteiger partial charge in [-0.05, 0) is 65.0 Å². The van der Waals surface area contributed by atoms with Crippen molar-refractivity contribution in [2.24, 2.45) is 0 Å². The Morgan fingerprint density at radius 1 is 1.12 bits per heavy atom. The van der Waals surface area contributed by atoms with E-state index in [1.807, 2.05) is 50.4 Å². The Hall–Kier alpha value is -2.22. The van der Waals surface area contributed by atoms with Gasteiger partial charge in [0.25, 0.3) is 0 Å². The van der Waals surface area contributed by atoms with E-state index in [0.29, 0.717) is 18.7 Å². The molecule has 1 aromatic rings. The zero-order valence-corrected chi connectivity index (χ0v) is 22.0. The van der Waals surface area contributed by atoms with Gasteiger partial charge >= 0.3 is 6.09 Å². The van der Waals surface area contributed by atoms with Crippen LogP contribution >= 0.6 is 11.8 Å². The summed E-state index contributed by atoms with van der Waals surface area (Å²) < 4.78 is 5.39. The molecule has 0 aliphatic carbocycles. The van der Waals surface area contributed by atoms with E-state index < -0.39 is 23.8 Å². The van der Waals surface area contributed by atoms with Gasteiger partial charge in [-0.25, -0.2) is 4.79 Å². The molecule has 8 heteroatoms. The van der Waals surface area contributed by atoms with E-state index in [1.54, 1.807) is 37.4 Å². The van der Waals surface area contributed by atoms with Crippen LogP contribution in [0, 0.1) is 0 Å². The highest BCUT2D eigenvalue weighted by atomic mass is 32.2. The molecule has 33 heavy (non-hydrogen) atoms. The molecule has 2 unspecified atom stereocenters. The fourth-order valence-corrected chi connectivity index (χ4v) is 3.83. The number of ether oxygens (including phenoxy) is 1. The number of unbranched alkanes of at least 4 members (excludes halogenated alkanes) is 1. The SMILES string of the molecule is CCCCNC(=O)C(c1ccccc1)N(C(=O)C(CCSC)NC(=O)OC(C)(C)C)C(C)C. The highest BCUT2D eigenvalue weighted by molar-refractivity contribution is 7.98. The van der Waals surface area contributed by atoms with Crippen molar-refractivity contribution in [2.75, 3.05) is 18.6 Å². The van der Waals surface area contributed by atoms with Crippen LogP contribution in [0.15, 0.2) is 30.3 Å². The Balaban J connectivity index is 3.29. The summed E-state index contributed by atoms with van der Waals surface area (Å²) >= 11 is 1.59. The Labute approximate surface area is 203 Å². The standard InChI is InChI=1S/C25H41N3O4S/c1-8-9-16-26-22(29)21(19-13-11-10-12-14-19)28(18(2)3)23(30)20(15-17-33-7)27-24(31)32-25(4,5)6/h10-14,18,20-21H,8-9,15-17H2,1-7H3,(H,26,29)(H,27,31). The highest BCUT2D eigenvalue weighted by Crippen LogP contribution is 2.25. The van der Waals surface area contributed by atoms with Gasteiger partial charge in [0.1, 0.15) is 17.7 Å². The summed E-state index contributed by atoms with van der Waals surface area (Å²) in [6.45, 7) is 11.7. The molecule has 7 nitrogen and oxygen atoms in total. The van der Waals surface area contributed by atoms with Crippen molar-refractivity contribution in [1.82, 2.24) is 15.5 Å². The number of carbonyl (C=O) groups is 3. The third-order valence-electron chi connectivity index (χ3n) is 4.88. The number of nitrogens with zero attached hydrogens (tertiary/aromatic N) is 1. The number of benzene rings is 1. The van der Waals surface area contributed by atoms with E-state index in [0.717, 1.165) is 18.4 Å². The van der Waals surface area contributed by atoms with Crippen molar-refractivity contribution in [1.29, 1.82) is 0 Å². The minimum absolute atomic E-state index is 0.224. The third kappa shape index (κ3) is 10.1. The lowest BCUT2D eigenvalue weighted by molar-refractivity contribution is -0.144. The van der Waals surface area contributed by atoms with Crippen LogP contribution in [0.1, 0.15) is 72.4 Å². The first kappa shape index (κ1) is 28.8. The molecule has 0 aliphatic rings. The largest absolute Gasteiger partial charge is 0.444 e. The van der Waals surface area contributed by atoms with Crippen LogP contribution in [0.2, 0.25) is 0 Å². The Kier molecular flexibility index (Phi) is 12.3. The molecule has 1 rings (SSSR count). The molecule has 0 bridgehead atoms. The Bertz CT molecular complexity index is 750. The molecular weight excluding hydrogens is 438 g/mol. The molecule has 0 aromatic heterocycles. The highest BCUT2D eigenvalue weighted by Gasteiger charge is 2.37. The molecule has 0 saturated heterocycles. The lowest BCUT2D eigenvalue weighted by atomic mass is 10.0. The number of thioether (sulfide) groups is 1. The van der Waals surface area contributed by atoms with Crippen LogP contribution < -0.4 is 10.6 Å². The second-order valence-corrected chi connectivity index (χ2v) is 10.3. The maximum Gasteiger partial charge on any atom is 0.408 e. The second-order valence-electron chi connectivity index (χ2n) is 9.28.